The van der Waals surface area contributed by atoms with E-state index in [1.807, 2.05) is 30.9 Å². The van der Waals surface area contributed by atoms with Crippen LogP contribution in [-0.2, 0) is 0 Å². The summed E-state index contributed by atoms with van der Waals surface area (Å²) >= 11 is 0. The first-order chi connectivity index (χ1) is 14.6. The van der Waals surface area contributed by atoms with Crippen molar-refractivity contribution in [3.8, 4) is 0 Å². The van der Waals surface area contributed by atoms with Crippen molar-refractivity contribution in [3.63, 3.8) is 0 Å². The molecule has 1 aromatic carbocycles. The number of nitrogens with one attached hydrogen (secondary N) is 1. The number of carbonyl (C=O) groups excluding carboxylic acids is 1. The molecule has 1 N–H and O–H groups in total. The van der Waals surface area contributed by atoms with Crippen LogP contribution in [0.1, 0.15) is 36.8 Å². The number of aryl methyl sites for hydroxylation is 2. The van der Waals surface area contributed by atoms with E-state index >= 15 is 0 Å². The predicted molar refractivity (Wildman–Crippen MR) is 121 cm³/mol. The number of benzene rings is 1. The van der Waals surface area contributed by atoms with Gasteiger partial charge < -0.3 is 20.0 Å². The summed E-state index contributed by atoms with van der Waals surface area (Å²) in [6.45, 7) is 9.10. The molecule has 7 nitrogen and oxygen atoms in total. The van der Waals surface area contributed by atoms with Crippen LogP contribution < -0.4 is 15.1 Å². The first-order valence-electron chi connectivity index (χ1n) is 11.1. The van der Waals surface area contributed by atoms with E-state index < -0.39 is 0 Å². The third-order valence-electron chi connectivity index (χ3n) is 5.93. The second-order valence-corrected chi connectivity index (χ2v) is 8.43. The van der Waals surface area contributed by atoms with Crippen LogP contribution in [0.4, 0.5) is 22.1 Å². The third-order valence-corrected chi connectivity index (χ3v) is 5.93. The molecule has 0 bridgehead atoms. The zero-order chi connectivity index (χ0) is 20.9. The lowest BCUT2D eigenvalue weighted by atomic mass is 10.1. The zero-order valence-electron chi connectivity index (χ0n) is 18.1. The third kappa shape index (κ3) is 5.01. The molecular formula is C23H32N6O. The lowest BCUT2D eigenvalue weighted by molar-refractivity contribution is 0.208. The number of piperazine rings is 1. The van der Waals surface area contributed by atoms with Gasteiger partial charge in [-0.3, -0.25) is 0 Å². The molecule has 3 heterocycles. The summed E-state index contributed by atoms with van der Waals surface area (Å²) in [7, 11) is 0. The number of carbonyl (C=O) groups is 1. The van der Waals surface area contributed by atoms with Crippen molar-refractivity contribution in [1.82, 2.24) is 15.1 Å². The molecule has 7 heteroatoms. The first-order valence-corrected chi connectivity index (χ1v) is 11.1. The highest BCUT2D eigenvalue weighted by molar-refractivity contribution is 5.89. The van der Waals surface area contributed by atoms with Crippen LogP contribution in [-0.4, -0.2) is 60.4 Å². The molecule has 30 heavy (non-hydrogen) atoms. The Morgan fingerprint density at radius 2 is 1.30 bits per heavy atom. The molecular weight excluding hydrogens is 376 g/mol. The van der Waals surface area contributed by atoms with Crippen LogP contribution in [0.2, 0.25) is 0 Å². The summed E-state index contributed by atoms with van der Waals surface area (Å²) in [5.41, 5.74) is 3.16. The second kappa shape index (κ2) is 9.32. The van der Waals surface area contributed by atoms with Gasteiger partial charge in [0.05, 0.1) is 0 Å². The molecule has 2 fully saturated rings. The Morgan fingerprint density at radius 1 is 0.767 bits per heavy atom. The topological polar surface area (TPSA) is 64.6 Å². The number of nitrogens with zero attached hydrogens (tertiary/aromatic N) is 5. The van der Waals surface area contributed by atoms with Gasteiger partial charge in [-0.1, -0.05) is 18.9 Å². The number of aromatic nitrogens is 2. The smallest absolute Gasteiger partial charge is 0.321 e. The molecule has 0 aliphatic carbocycles. The molecule has 1 aromatic heterocycles. The largest absolute Gasteiger partial charge is 0.355 e. The van der Waals surface area contributed by atoms with E-state index in [-0.39, 0.29) is 6.03 Å². The van der Waals surface area contributed by atoms with Gasteiger partial charge in [-0.05, 0) is 62.1 Å². The van der Waals surface area contributed by atoms with Gasteiger partial charge in [-0.2, -0.15) is 0 Å². The summed E-state index contributed by atoms with van der Waals surface area (Å²) in [6, 6.07) is 10.2. The Morgan fingerprint density at radius 3 is 1.83 bits per heavy atom. The van der Waals surface area contributed by atoms with Crippen molar-refractivity contribution in [3.05, 3.63) is 41.5 Å². The predicted octanol–water partition coefficient (Wildman–Crippen LogP) is 3.83. The van der Waals surface area contributed by atoms with Crippen molar-refractivity contribution < 1.29 is 4.79 Å². The highest BCUT2D eigenvalue weighted by Crippen LogP contribution is 2.20. The fraction of sp³-hybridized carbons (Fsp3) is 0.522. The first kappa shape index (κ1) is 20.4. The van der Waals surface area contributed by atoms with Gasteiger partial charge in [0.1, 0.15) is 0 Å². The molecule has 2 aliphatic heterocycles. The molecule has 2 amide bonds. The van der Waals surface area contributed by atoms with Gasteiger partial charge in [-0.15, -0.1) is 10.2 Å². The maximum Gasteiger partial charge on any atom is 0.321 e. The molecule has 2 saturated heterocycles. The van der Waals surface area contributed by atoms with Gasteiger partial charge in [0, 0.05) is 45.0 Å². The molecule has 4 rings (SSSR count). The Balaban J connectivity index is 1.31. The minimum absolute atomic E-state index is 0.0396. The van der Waals surface area contributed by atoms with E-state index in [9.17, 15) is 4.79 Å². The van der Waals surface area contributed by atoms with Gasteiger partial charge in [0.2, 0.25) is 0 Å². The summed E-state index contributed by atoms with van der Waals surface area (Å²) in [4.78, 5) is 19.1. The number of rotatable bonds is 3. The van der Waals surface area contributed by atoms with Crippen molar-refractivity contribution in [2.24, 2.45) is 0 Å². The number of anilines is 3. The highest BCUT2D eigenvalue weighted by Gasteiger charge is 2.22. The normalized spacial score (nSPS) is 17.6. The molecule has 0 saturated carbocycles. The maximum absolute atomic E-state index is 12.6. The van der Waals surface area contributed by atoms with Crippen LogP contribution in [0.15, 0.2) is 30.3 Å². The van der Waals surface area contributed by atoms with E-state index in [2.05, 4.69) is 43.5 Å². The molecule has 0 atom stereocenters. The minimum Gasteiger partial charge on any atom is -0.355 e. The molecule has 2 aromatic rings. The van der Waals surface area contributed by atoms with E-state index in [1.165, 1.54) is 25.7 Å². The second-order valence-electron chi connectivity index (χ2n) is 8.43. The van der Waals surface area contributed by atoms with E-state index in [0.717, 1.165) is 54.6 Å². The van der Waals surface area contributed by atoms with Crippen LogP contribution >= 0.6 is 0 Å². The van der Waals surface area contributed by atoms with Crippen molar-refractivity contribution >= 4 is 23.4 Å². The SMILES string of the molecule is Cc1cc(C)cc(NC(=O)N2CCN(c3ccc(N4CCCCCC4)nn3)CC2)c1. The van der Waals surface area contributed by atoms with Gasteiger partial charge >= 0.3 is 6.03 Å². The Bertz CT molecular complexity index is 832. The Hall–Kier alpha value is -2.83. The summed E-state index contributed by atoms with van der Waals surface area (Å²) in [6.07, 6.45) is 5.08. The zero-order valence-corrected chi connectivity index (χ0v) is 18.1. The van der Waals surface area contributed by atoms with Gasteiger partial charge in [0.15, 0.2) is 11.6 Å². The van der Waals surface area contributed by atoms with E-state index in [0.29, 0.717) is 13.1 Å². The number of hydrogen-bond donors (Lipinski definition) is 1. The molecule has 0 unspecified atom stereocenters. The van der Waals surface area contributed by atoms with Crippen molar-refractivity contribution in [1.29, 1.82) is 0 Å². The summed E-state index contributed by atoms with van der Waals surface area (Å²) in [5, 5.41) is 12.0. The van der Waals surface area contributed by atoms with Gasteiger partial charge in [-0.25, -0.2) is 4.79 Å². The fourth-order valence-electron chi connectivity index (χ4n) is 4.34. The van der Waals surface area contributed by atoms with E-state index in [4.69, 9.17) is 0 Å². The van der Waals surface area contributed by atoms with Crippen LogP contribution in [0, 0.1) is 13.8 Å². The van der Waals surface area contributed by atoms with Crippen molar-refractivity contribution in [2.45, 2.75) is 39.5 Å². The minimum atomic E-state index is -0.0396. The summed E-state index contributed by atoms with van der Waals surface area (Å²) < 4.78 is 0. The average molecular weight is 409 g/mol. The monoisotopic (exact) mass is 408 g/mol. The van der Waals surface area contributed by atoms with E-state index in [1.54, 1.807) is 0 Å². The van der Waals surface area contributed by atoms with Crippen molar-refractivity contribution in [2.75, 3.05) is 54.4 Å². The Kier molecular flexibility index (Phi) is 6.35. The number of amides is 2. The van der Waals surface area contributed by atoms with Crippen LogP contribution in [0.3, 0.4) is 0 Å². The molecule has 0 spiro atoms. The van der Waals surface area contributed by atoms with Crippen LogP contribution in [0.5, 0.6) is 0 Å². The van der Waals surface area contributed by atoms with Gasteiger partial charge in [0.25, 0.3) is 0 Å². The quantitative estimate of drug-likeness (QED) is 0.836. The summed E-state index contributed by atoms with van der Waals surface area (Å²) in [5.74, 6) is 1.87. The number of hydrogen-bond acceptors (Lipinski definition) is 5. The maximum atomic E-state index is 12.6. The Labute approximate surface area is 179 Å². The molecule has 0 radical (unpaired) electrons. The highest BCUT2D eigenvalue weighted by atomic mass is 16.2. The standard InChI is InChI=1S/C23H32N6O/c1-18-15-19(2)17-20(16-18)24-23(30)29-13-11-28(12-14-29)22-8-7-21(25-26-22)27-9-5-3-4-6-10-27/h7-8,15-17H,3-6,9-14H2,1-2H3,(H,24,30). The molecule has 2 aliphatic rings. The number of urea groups is 1. The fourth-order valence-corrected chi connectivity index (χ4v) is 4.34. The average Bonchev–Trinajstić information content (AvgIpc) is 3.03. The lowest BCUT2D eigenvalue weighted by Crippen LogP contribution is -2.50. The lowest BCUT2D eigenvalue weighted by Gasteiger charge is -2.35. The van der Waals surface area contributed by atoms with Crippen LogP contribution in [0.25, 0.3) is 0 Å². The molecule has 160 valence electrons.